The van der Waals surface area contributed by atoms with Crippen molar-refractivity contribution in [3.05, 3.63) is 35.7 Å². The van der Waals surface area contributed by atoms with Crippen molar-refractivity contribution in [1.29, 1.82) is 0 Å². The van der Waals surface area contributed by atoms with Crippen molar-refractivity contribution in [1.82, 2.24) is 15.0 Å². The zero-order valence-electron chi connectivity index (χ0n) is 11.0. The average Bonchev–Trinajstić information content (AvgIpc) is 2.26. The van der Waals surface area contributed by atoms with Gasteiger partial charge in [0.05, 0.1) is 4.90 Å². The van der Waals surface area contributed by atoms with Gasteiger partial charge in [0.2, 0.25) is 11.9 Å². The zero-order chi connectivity index (χ0) is 15.3. The molecule has 0 radical (unpaired) electrons. The molecule has 0 saturated carbocycles. The first kappa shape index (κ1) is 15.8. The predicted molar refractivity (Wildman–Crippen MR) is 74.4 cm³/mol. The van der Waals surface area contributed by atoms with Gasteiger partial charge in [-0.25, -0.2) is 0 Å². The lowest BCUT2D eigenvalue weighted by atomic mass is 10.2. The summed E-state index contributed by atoms with van der Waals surface area (Å²) in [6.45, 7) is 3.33. The molecule has 2 aromatic rings. The molecule has 8 nitrogen and oxygen atoms in total. The highest BCUT2D eigenvalue weighted by Crippen LogP contribution is 2.12. The Morgan fingerprint density at radius 1 is 1.00 bits per heavy atom. The van der Waals surface area contributed by atoms with E-state index >= 15 is 0 Å². The minimum absolute atomic E-state index is 0.0278. The first-order chi connectivity index (χ1) is 9.20. The van der Waals surface area contributed by atoms with Crippen molar-refractivity contribution in [3.8, 4) is 0 Å². The van der Waals surface area contributed by atoms with Crippen molar-refractivity contribution in [2.75, 3.05) is 11.5 Å². The molecule has 108 valence electrons. The second-order valence-electron chi connectivity index (χ2n) is 3.84. The summed E-state index contributed by atoms with van der Waals surface area (Å²) in [6, 6.07) is 6.27. The normalized spacial score (nSPS) is 10.6. The SMILES string of the molecule is Cc1ccccc1S(=O)(=O)O.Cc1nc(N)nc(N)n1. The van der Waals surface area contributed by atoms with Crippen LogP contribution in [0.5, 0.6) is 0 Å². The number of benzene rings is 1. The number of anilines is 2. The number of aromatic nitrogens is 3. The monoisotopic (exact) mass is 297 g/mol. The highest BCUT2D eigenvalue weighted by molar-refractivity contribution is 7.85. The van der Waals surface area contributed by atoms with E-state index in [9.17, 15) is 8.42 Å². The highest BCUT2D eigenvalue weighted by Gasteiger charge is 2.10. The topological polar surface area (TPSA) is 145 Å². The molecule has 5 N–H and O–H groups in total. The van der Waals surface area contributed by atoms with Crippen LogP contribution in [0.4, 0.5) is 11.9 Å². The third-order valence-electron chi connectivity index (χ3n) is 2.15. The summed E-state index contributed by atoms with van der Waals surface area (Å²) in [6.07, 6.45) is 0. The molecule has 0 bridgehead atoms. The van der Waals surface area contributed by atoms with E-state index in [-0.39, 0.29) is 16.8 Å². The maximum atomic E-state index is 10.6. The van der Waals surface area contributed by atoms with Gasteiger partial charge >= 0.3 is 0 Å². The molecule has 0 fully saturated rings. The minimum Gasteiger partial charge on any atom is -0.368 e. The Balaban J connectivity index is 0.000000204. The van der Waals surface area contributed by atoms with Gasteiger partial charge in [0, 0.05) is 0 Å². The summed E-state index contributed by atoms with van der Waals surface area (Å²) >= 11 is 0. The van der Waals surface area contributed by atoms with Gasteiger partial charge in [0.1, 0.15) is 5.82 Å². The van der Waals surface area contributed by atoms with Crippen molar-refractivity contribution in [2.45, 2.75) is 18.7 Å². The maximum Gasteiger partial charge on any atom is 0.294 e. The number of aryl methyl sites for hydroxylation is 2. The molecular formula is C11H15N5O3S. The first-order valence-electron chi connectivity index (χ1n) is 5.47. The van der Waals surface area contributed by atoms with Crippen LogP contribution in [0.25, 0.3) is 0 Å². The van der Waals surface area contributed by atoms with E-state index in [2.05, 4.69) is 15.0 Å². The molecule has 0 aliphatic rings. The Labute approximate surface area is 116 Å². The predicted octanol–water partition coefficient (Wildman–Crippen LogP) is 0.586. The lowest BCUT2D eigenvalue weighted by molar-refractivity contribution is 0.482. The molecule has 1 aromatic carbocycles. The Morgan fingerprint density at radius 3 is 1.85 bits per heavy atom. The standard InChI is InChI=1S/C7H8O3S.C4H7N5/c1-6-4-2-3-5-7(6)11(8,9)10;1-2-7-3(5)9-4(6)8-2/h2-5H,1H3,(H,8,9,10);1H3,(H4,5,6,7,8,9). The van der Waals surface area contributed by atoms with Gasteiger partial charge in [0.25, 0.3) is 10.1 Å². The van der Waals surface area contributed by atoms with E-state index in [0.29, 0.717) is 11.4 Å². The molecule has 0 atom stereocenters. The van der Waals surface area contributed by atoms with Crippen LogP contribution in [0.1, 0.15) is 11.4 Å². The van der Waals surface area contributed by atoms with Crippen molar-refractivity contribution < 1.29 is 13.0 Å². The second-order valence-corrected chi connectivity index (χ2v) is 5.23. The van der Waals surface area contributed by atoms with E-state index in [0.717, 1.165) is 0 Å². The molecule has 0 unspecified atom stereocenters. The molecule has 20 heavy (non-hydrogen) atoms. The second kappa shape index (κ2) is 6.26. The minimum atomic E-state index is -4.03. The number of rotatable bonds is 1. The van der Waals surface area contributed by atoms with Gasteiger partial charge in [-0.05, 0) is 25.5 Å². The average molecular weight is 297 g/mol. The smallest absolute Gasteiger partial charge is 0.294 e. The van der Waals surface area contributed by atoms with E-state index < -0.39 is 10.1 Å². The van der Waals surface area contributed by atoms with Crippen LogP contribution in [0.2, 0.25) is 0 Å². The third-order valence-corrected chi connectivity index (χ3v) is 3.17. The van der Waals surface area contributed by atoms with Gasteiger partial charge < -0.3 is 11.5 Å². The van der Waals surface area contributed by atoms with Crippen LogP contribution in [0.3, 0.4) is 0 Å². The van der Waals surface area contributed by atoms with Gasteiger partial charge in [-0.15, -0.1) is 0 Å². The molecule has 2 rings (SSSR count). The molecule has 0 aliphatic carbocycles. The first-order valence-corrected chi connectivity index (χ1v) is 6.91. The van der Waals surface area contributed by atoms with E-state index in [1.54, 1.807) is 32.0 Å². The molecule has 0 saturated heterocycles. The summed E-state index contributed by atoms with van der Waals surface area (Å²) in [5.74, 6) is 0.875. The van der Waals surface area contributed by atoms with Gasteiger partial charge in [-0.1, -0.05) is 18.2 Å². The quantitative estimate of drug-likeness (QED) is 0.648. The Bertz CT molecular complexity index is 652. The number of nitrogens with zero attached hydrogens (tertiary/aromatic N) is 3. The van der Waals surface area contributed by atoms with Crippen LogP contribution >= 0.6 is 0 Å². The molecule has 0 spiro atoms. The molecule has 0 amide bonds. The Kier molecular flexibility index (Phi) is 4.94. The number of nitrogens with two attached hydrogens (primary N) is 2. The highest BCUT2D eigenvalue weighted by atomic mass is 32.2. The fourth-order valence-electron chi connectivity index (χ4n) is 1.37. The van der Waals surface area contributed by atoms with E-state index in [1.165, 1.54) is 6.07 Å². The van der Waals surface area contributed by atoms with Crippen LogP contribution in [-0.4, -0.2) is 27.9 Å². The number of hydrogen-bond acceptors (Lipinski definition) is 7. The van der Waals surface area contributed by atoms with E-state index in [1.807, 2.05) is 0 Å². The van der Waals surface area contributed by atoms with Gasteiger partial charge in [0.15, 0.2) is 0 Å². The summed E-state index contributed by atoms with van der Waals surface area (Å²) in [5.41, 5.74) is 11.0. The third kappa shape index (κ3) is 4.78. The number of hydrogen-bond donors (Lipinski definition) is 3. The fraction of sp³-hybridized carbons (Fsp3) is 0.182. The van der Waals surface area contributed by atoms with Gasteiger partial charge in [-0.2, -0.15) is 23.4 Å². The van der Waals surface area contributed by atoms with Crippen LogP contribution in [-0.2, 0) is 10.1 Å². The van der Waals surface area contributed by atoms with Crippen molar-refractivity contribution in [3.63, 3.8) is 0 Å². The number of nitrogen functional groups attached to an aromatic ring is 2. The lowest BCUT2D eigenvalue weighted by Gasteiger charge is -1.99. The van der Waals surface area contributed by atoms with Crippen molar-refractivity contribution in [2.24, 2.45) is 0 Å². The Hall–Kier alpha value is -2.26. The summed E-state index contributed by atoms with van der Waals surface area (Å²) in [7, 11) is -4.03. The van der Waals surface area contributed by atoms with Crippen molar-refractivity contribution >= 4 is 22.0 Å². The van der Waals surface area contributed by atoms with E-state index in [4.69, 9.17) is 16.0 Å². The molecular weight excluding hydrogens is 282 g/mol. The largest absolute Gasteiger partial charge is 0.368 e. The lowest BCUT2D eigenvalue weighted by Crippen LogP contribution is -2.03. The summed E-state index contributed by atoms with van der Waals surface area (Å²) in [4.78, 5) is 11.0. The van der Waals surface area contributed by atoms with Crippen LogP contribution < -0.4 is 11.5 Å². The zero-order valence-corrected chi connectivity index (χ0v) is 11.8. The van der Waals surface area contributed by atoms with Crippen LogP contribution in [0, 0.1) is 13.8 Å². The Morgan fingerprint density at radius 2 is 1.50 bits per heavy atom. The molecule has 9 heteroatoms. The molecule has 0 aliphatic heterocycles. The molecule has 1 aromatic heterocycles. The van der Waals surface area contributed by atoms with Gasteiger partial charge in [-0.3, -0.25) is 4.55 Å². The summed E-state index contributed by atoms with van der Waals surface area (Å²) in [5, 5.41) is 0. The van der Waals surface area contributed by atoms with Crippen LogP contribution in [0.15, 0.2) is 29.2 Å². The maximum absolute atomic E-state index is 10.6. The fourth-order valence-corrected chi connectivity index (χ4v) is 2.10. The molecule has 1 heterocycles. The summed E-state index contributed by atoms with van der Waals surface area (Å²) < 4.78 is 29.9.